The van der Waals surface area contributed by atoms with Crippen LogP contribution in [0.5, 0.6) is 0 Å². The number of hydrogen-bond acceptors (Lipinski definition) is 3. The van der Waals surface area contributed by atoms with Crippen molar-refractivity contribution in [2.75, 3.05) is 5.73 Å². The molecule has 1 aromatic rings. The number of benzene rings is 1. The van der Waals surface area contributed by atoms with E-state index in [1.54, 1.807) is 0 Å². The van der Waals surface area contributed by atoms with Crippen LogP contribution in [0.4, 0.5) is 10.1 Å². The summed E-state index contributed by atoms with van der Waals surface area (Å²) in [5.41, 5.74) is 4.69. The van der Waals surface area contributed by atoms with Crippen LogP contribution in [0.2, 0.25) is 5.02 Å². The van der Waals surface area contributed by atoms with Gasteiger partial charge in [0, 0.05) is 5.54 Å². The first kappa shape index (κ1) is 13.6. The molecule has 1 saturated carbocycles. The molecule has 0 amide bonds. The minimum absolute atomic E-state index is 0.169. The van der Waals surface area contributed by atoms with E-state index in [1.807, 2.05) is 6.92 Å². The van der Waals surface area contributed by atoms with Gasteiger partial charge < -0.3 is 5.73 Å². The van der Waals surface area contributed by atoms with Crippen molar-refractivity contribution in [1.82, 2.24) is 4.72 Å². The van der Waals surface area contributed by atoms with Gasteiger partial charge in [0.2, 0.25) is 10.0 Å². The van der Waals surface area contributed by atoms with Gasteiger partial charge in [-0.2, -0.15) is 0 Å². The van der Waals surface area contributed by atoms with E-state index in [9.17, 15) is 12.8 Å². The number of nitrogens with two attached hydrogens (primary N) is 1. The summed E-state index contributed by atoms with van der Waals surface area (Å²) >= 11 is 5.76. The van der Waals surface area contributed by atoms with E-state index in [4.69, 9.17) is 17.3 Å². The molecular weight excluding hydrogens is 279 g/mol. The molecule has 0 spiro atoms. The van der Waals surface area contributed by atoms with Crippen LogP contribution in [0.1, 0.15) is 26.2 Å². The quantitative estimate of drug-likeness (QED) is 0.840. The largest absolute Gasteiger partial charge is 0.396 e. The smallest absolute Gasteiger partial charge is 0.242 e. The highest BCUT2D eigenvalue weighted by molar-refractivity contribution is 7.89. The zero-order valence-electron chi connectivity index (χ0n) is 9.83. The lowest BCUT2D eigenvalue weighted by atomic mass is 9.80. The Morgan fingerprint density at radius 1 is 1.44 bits per heavy atom. The molecule has 0 unspecified atom stereocenters. The molecular formula is C11H14ClFN2O2S. The van der Waals surface area contributed by atoms with Crippen molar-refractivity contribution in [3.05, 3.63) is 23.0 Å². The summed E-state index contributed by atoms with van der Waals surface area (Å²) in [4.78, 5) is -0.184. The Kier molecular flexibility index (Phi) is 3.29. The highest BCUT2D eigenvalue weighted by Crippen LogP contribution is 2.34. The van der Waals surface area contributed by atoms with Crippen molar-refractivity contribution in [2.24, 2.45) is 0 Å². The molecule has 1 aromatic carbocycles. The molecule has 7 heteroatoms. The van der Waals surface area contributed by atoms with E-state index in [1.165, 1.54) is 0 Å². The Hall–Kier alpha value is -0.850. The predicted molar refractivity (Wildman–Crippen MR) is 68.4 cm³/mol. The van der Waals surface area contributed by atoms with Crippen molar-refractivity contribution in [2.45, 2.75) is 36.6 Å². The van der Waals surface area contributed by atoms with E-state index in [0.717, 1.165) is 31.4 Å². The molecule has 1 aliphatic rings. The van der Waals surface area contributed by atoms with E-state index in [0.29, 0.717) is 0 Å². The van der Waals surface area contributed by atoms with Crippen LogP contribution in [-0.4, -0.2) is 14.0 Å². The highest BCUT2D eigenvalue weighted by atomic mass is 35.5. The van der Waals surface area contributed by atoms with Crippen LogP contribution in [0.25, 0.3) is 0 Å². The summed E-state index contributed by atoms with van der Waals surface area (Å²) < 4.78 is 40.0. The molecule has 4 nitrogen and oxygen atoms in total. The van der Waals surface area contributed by atoms with Crippen LogP contribution in [0.3, 0.4) is 0 Å². The number of rotatable bonds is 3. The summed E-state index contributed by atoms with van der Waals surface area (Å²) in [5, 5.41) is -0.169. The number of nitrogen functional groups attached to an aromatic ring is 1. The zero-order chi connectivity index (χ0) is 13.6. The molecule has 18 heavy (non-hydrogen) atoms. The third-order valence-electron chi connectivity index (χ3n) is 3.18. The van der Waals surface area contributed by atoms with E-state index in [2.05, 4.69) is 4.72 Å². The van der Waals surface area contributed by atoms with E-state index in [-0.39, 0.29) is 15.6 Å². The summed E-state index contributed by atoms with van der Waals surface area (Å²) in [6.45, 7) is 1.83. The second kappa shape index (κ2) is 4.36. The van der Waals surface area contributed by atoms with Crippen LogP contribution in [0, 0.1) is 5.82 Å². The molecule has 0 radical (unpaired) electrons. The highest BCUT2D eigenvalue weighted by Gasteiger charge is 2.37. The Labute approximate surface area is 110 Å². The van der Waals surface area contributed by atoms with E-state index < -0.39 is 21.4 Å². The van der Waals surface area contributed by atoms with Gasteiger partial charge >= 0.3 is 0 Å². The van der Waals surface area contributed by atoms with Gasteiger partial charge in [-0.1, -0.05) is 11.6 Å². The maximum Gasteiger partial charge on any atom is 0.242 e. The Bertz CT molecular complexity index is 585. The van der Waals surface area contributed by atoms with Crippen molar-refractivity contribution < 1.29 is 12.8 Å². The van der Waals surface area contributed by atoms with Crippen LogP contribution >= 0.6 is 11.6 Å². The van der Waals surface area contributed by atoms with Gasteiger partial charge in [-0.05, 0) is 38.3 Å². The molecule has 1 aliphatic carbocycles. The maximum absolute atomic E-state index is 13.1. The van der Waals surface area contributed by atoms with Gasteiger partial charge in [-0.3, -0.25) is 0 Å². The SMILES string of the molecule is CC1(NS(=O)(=O)c2cc(N)c(F)cc2Cl)CCC1. The second-order valence-electron chi connectivity index (χ2n) is 4.82. The summed E-state index contributed by atoms with van der Waals surface area (Å²) in [7, 11) is -3.78. The van der Waals surface area contributed by atoms with Gasteiger partial charge in [-0.25, -0.2) is 17.5 Å². The first-order chi connectivity index (χ1) is 8.23. The zero-order valence-corrected chi connectivity index (χ0v) is 11.4. The minimum atomic E-state index is -3.78. The third-order valence-corrected chi connectivity index (χ3v) is 5.28. The number of hydrogen-bond donors (Lipinski definition) is 2. The van der Waals surface area contributed by atoms with Crippen LogP contribution < -0.4 is 10.5 Å². The number of sulfonamides is 1. The first-order valence-corrected chi connectivity index (χ1v) is 7.38. The van der Waals surface area contributed by atoms with Gasteiger partial charge in [0.05, 0.1) is 10.7 Å². The van der Waals surface area contributed by atoms with Crippen molar-refractivity contribution >= 4 is 27.3 Å². The fourth-order valence-corrected chi connectivity index (χ4v) is 3.95. The number of anilines is 1. The average Bonchev–Trinajstić information content (AvgIpc) is 2.20. The van der Waals surface area contributed by atoms with Gasteiger partial charge in [-0.15, -0.1) is 0 Å². The Morgan fingerprint density at radius 2 is 2.06 bits per heavy atom. The fourth-order valence-electron chi connectivity index (χ4n) is 1.94. The lowest BCUT2D eigenvalue weighted by Gasteiger charge is -2.38. The molecule has 1 fully saturated rings. The topological polar surface area (TPSA) is 72.2 Å². The normalized spacial score (nSPS) is 18.4. The molecule has 0 aliphatic heterocycles. The minimum Gasteiger partial charge on any atom is -0.396 e. The molecule has 0 atom stereocenters. The van der Waals surface area contributed by atoms with Crippen molar-refractivity contribution in [3.8, 4) is 0 Å². The number of nitrogens with one attached hydrogen (secondary N) is 1. The van der Waals surface area contributed by atoms with Crippen LogP contribution in [0.15, 0.2) is 17.0 Å². The molecule has 0 saturated heterocycles. The maximum atomic E-state index is 13.1. The monoisotopic (exact) mass is 292 g/mol. The van der Waals surface area contributed by atoms with Gasteiger partial charge in [0.15, 0.2) is 0 Å². The molecule has 0 heterocycles. The molecule has 0 bridgehead atoms. The first-order valence-electron chi connectivity index (χ1n) is 5.52. The summed E-state index contributed by atoms with van der Waals surface area (Å²) in [6.07, 6.45) is 2.54. The Morgan fingerprint density at radius 3 is 2.56 bits per heavy atom. The summed E-state index contributed by atoms with van der Waals surface area (Å²) in [6, 6.07) is 1.95. The fraction of sp³-hybridized carbons (Fsp3) is 0.455. The second-order valence-corrected chi connectivity index (χ2v) is 6.88. The average molecular weight is 293 g/mol. The summed E-state index contributed by atoms with van der Waals surface area (Å²) in [5.74, 6) is -0.728. The van der Waals surface area contributed by atoms with E-state index >= 15 is 0 Å². The van der Waals surface area contributed by atoms with Crippen molar-refractivity contribution in [3.63, 3.8) is 0 Å². The molecule has 100 valence electrons. The van der Waals surface area contributed by atoms with Crippen LogP contribution in [-0.2, 0) is 10.0 Å². The lowest BCUT2D eigenvalue weighted by Crippen LogP contribution is -2.50. The van der Waals surface area contributed by atoms with Gasteiger partial charge in [0.25, 0.3) is 0 Å². The third kappa shape index (κ3) is 2.46. The standard InChI is InChI=1S/C11H14ClFN2O2S/c1-11(3-2-4-11)15-18(16,17)10-6-9(14)8(13)5-7(10)12/h5-6,15H,2-4,14H2,1H3. The van der Waals surface area contributed by atoms with Gasteiger partial charge in [0.1, 0.15) is 10.7 Å². The molecule has 0 aromatic heterocycles. The predicted octanol–water partition coefficient (Wildman–Crippen LogP) is 2.28. The Balaban J connectivity index is 2.38. The van der Waals surface area contributed by atoms with Crippen molar-refractivity contribution in [1.29, 1.82) is 0 Å². The molecule has 3 N–H and O–H groups in total. The lowest BCUT2D eigenvalue weighted by molar-refractivity contribution is 0.248. The number of halogens is 2. The molecule has 2 rings (SSSR count).